The molecule has 0 saturated heterocycles. The van der Waals surface area contributed by atoms with E-state index in [1.165, 1.54) is 0 Å². The molecule has 0 heterocycles. The lowest BCUT2D eigenvalue weighted by atomic mass is 10.2. The Kier molecular flexibility index (Phi) is 7.95. The van der Waals surface area contributed by atoms with Crippen LogP contribution in [0.5, 0.6) is 5.75 Å². The molecule has 3 N–H and O–H groups in total. The van der Waals surface area contributed by atoms with Gasteiger partial charge in [0, 0.05) is 23.4 Å². The van der Waals surface area contributed by atoms with Crippen LogP contribution in [0.2, 0.25) is 0 Å². The monoisotopic (exact) mass is 399 g/mol. The topological polar surface area (TPSA) is 79.5 Å². The predicted molar refractivity (Wildman–Crippen MR) is 116 cm³/mol. The van der Waals surface area contributed by atoms with Gasteiger partial charge in [-0.1, -0.05) is 19.1 Å². The quantitative estimate of drug-likeness (QED) is 0.604. The molecule has 6 nitrogen and oxygen atoms in total. The Bertz CT molecular complexity index is 852. The van der Waals surface area contributed by atoms with Gasteiger partial charge in [0.25, 0.3) is 5.91 Å². The van der Waals surface area contributed by atoms with E-state index in [4.69, 9.17) is 17.0 Å². The molecule has 0 aliphatic carbocycles. The van der Waals surface area contributed by atoms with Crippen molar-refractivity contribution >= 4 is 40.5 Å². The molecule has 0 unspecified atom stereocenters. The van der Waals surface area contributed by atoms with Gasteiger partial charge in [-0.2, -0.15) is 0 Å². The van der Waals surface area contributed by atoms with Gasteiger partial charge in [0.1, 0.15) is 5.75 Å². The third kappa shape index (κ3) is 7.00. The van der Waals surface area contributed by atoms with Crippen LogP contribution < -0.4 is 20.7 Å². The largest absolute Gasteiger partial charge is 0.491 e. The molecule has 0 atom stereocenters. The van der Waals surface area contributed by atoms with Crippen LogP contribution in [0.1, 0.15) is 44.0 Å². The third-order valence-corrected chi connectivity index (χ3v) is 3.78. The number of hydrogen-bond acceptors (Lipinski definition) is 4. The van der Waals surface area contributed by atoms with Crippen LogP contribution in [-0.2, 0) is 4.79 Å². The van der Waals surface area contributed by atoms with Gasteiger partial charge in [-0.05, 0) is 68.9 Å². The Balaban J connectivity index is 1.96. The van der Waals surface area contributed by atoms with Crippen molar-refractivity contribution < 1.29 is 14.3 Å². The summed E-state index contributed by atoms with van der Waals surface area (Å²) in [5, 5.41) is 8.58. The van der Waals surface area contributed by atoms with Gasteiger partial charge in [-0.15, -0.1) is 0 Å². The van der Waals surface area contributed by atoms with Gasteiger partial charge in [0.15, 0.2) is 5.11 Å². The minimum absolute atomic E-state index is 0.0196. The van der Waals surface area contributed by atoms with Crippen molar-refractivity contribution in [3.63, 3.8) is 0 Å². The summed E-state index contributed by atoms with van der Waals surface area (Å²) < 4.78 is 5.60. The lowest BCUT2D eigenvalue weighted by Crippen LogP contribution is -2.34. The van der Waals surface area contributed by atoms with E-state index in [9.17, 15) is 9.59 Å². The van der Waals surface area contributed by atoms with Gasteiger partial charge in [0.05, 0.1) is 6.10 Å². The molecule has 2 amide bonds. The Labute approximate surface area is 170 Å². The lowest BCUT2D eigenvalue weighted by Gasteiger charge is -2.13. The number of thiocarbonyl (C=S) groups is 1. The van der Waals surface area contributed by atoms with E-state index in [1.807, 2.05) is 20.8 Å². The van der Waals surface area contributed by atoms with Crippen molar-refractivity contribution in [1.82, 2.24) is 5.32 Å². The number of benzene rings is 2. The molecule has 0 saturated carbocycles. The van der Waals surface area contributed by atoms with E-state index in [-0.39, 0.29) is 23.0 Å². The number of carbonyl (C=O) groups is 2. The number of anilines is 2. The Morgan fingerprint density at radius 1 is 1.04 bits per heavy atom. The molecule has 2 aromatic carbocycles. The van der Waals surface area contributed by atoms with Crippen molar-refractivity contribution in [2.45, 2.75) is 39.7 Å². The highest BCUT2D eigenvalue weighted by Gasteiger charge is 2.10. The fourth-order valence-electron chi connectivity index (χ4n) is 2.45. The first kappa shape index (κ1) is 21.4. The first-order valence-corrected chi connectivity index (χ1v) is 9.57. The zero-order valence-corrected chi connectivity index (χ0v) is 17.1. The molecule has 0 radical (unpaired) electrons. The second-order valence-electron chi connectivity index (χ2n) is 6.48. The third-order valence-electron chi connectivity index (χ3n) is 3.58. The van der Waals surface area contributed by atoms with Crippen LogP contribution in [0.25, 0.3) is 0 Å². The molecule has 148 valence electrons. The molecule has 2 rings (SSSR count). The SMILES string of the molecule is CCCC(=O)Nc1cccc(NC(=S)NC(=O)c2cccc(OC(C)C)c2)c1. The number of carbonyl (C=O) groups excluding carboxylic acids is 2. The van der Waals surface area contributed by atoms with Gasteiger partial charge >= 0.3 is 0 Å². The van der Waals surface area contributed by atoms with Crippen molar-refractivity contribution in [2.24, 2.45) is 0 Å². The van der Waals surface area contributed by atoms with E-state index < -0.39 is 0 Å². The summed E-state index contributed by atoms with van der Waals surface area (Å²) in [5.74, 6) is 0.246. The zero-order chi connectivity index (χ0) is 20.5. The predicted octanol–water partition coefficient (Wildman–Crippen LogP) is 4.34. The Hall–Kier alpha value is -2.93. The number of amides is 2. The second kappa shape index (κ2) is 10.4. The van der Waals surface area contributed by atoms with Gasteiger partial charge in [-0.3, -0.25) is 14.9 Å². The van der Waals surface area contributed by atoms with Crippen LogP contribution >= 0.6 is 12.2 Å². The average Bonchev–Trinajstić information content (AvgIpc) is 2.61. The summed E-state index contributed by atoms with van der Waals surface area (Å²) in [5.41, 5.74) is 1.77. The molecule has 0 aliphatic rings. The van der Waals surface area contributed by atoms with Crippen LogP contribution in [0.15, 0.2) is 48.5 Å². The first-order valence-electron chi connectivity index (χ1n) is 9.16. The highest BCUT2D eigenvalue weighted by molar-refractivity contribution is 7.80. The molecule has 0 aromatic heterocycles. The van der Waals surface area contributed by atoms with Crippen molar-refractivity contribution in [2.75, 3.05) is 10.6 Å². The van der Waals surface area contributed by atoms with Crippen LogP contribution in [-0.4, -0.2) is 23.0 Å². The lowest BCUT2D eigenvalue weighted by molar-refractivity contribution is -0.116. The molecule has 0 bridgehead atoms. The first-order chi connectivity index (χ1) is 13.4. The minimum atomic E-state index is -0.334. The van der Waals surface area contributed by atoms with Crippen molar-refractivity contribution in [3.8, 4) is 5.75 Å². The van der Waals surface area contributed by atoms with E-state index >= 15 is 0 Å². The summed E-state index contributed by atoms with van der Waals surface area (Å²) in [4.78, 5) is 24.1. The Morgan fingerprint density at radius 3 is 2.39 bits per heavy atom. The minimum Gasteiger partial charge on any atom is -0.491 e. The molecule has 0 spiro atoms. The summed E-state index contributed by atoms with van der Waals surface area (Å²) >= 11 is 5.23. The highest BCUT2D eigenvalue weighted by Crippen LogP contribution is 2.17. The smallest absolute Gasteiger partial charge is 0.257 e. The maximum absolute atomic E-state index is 12.4. The standard InChI is InChI=1S/C21H25N3O3S/c1-4-7-19(25)22-16-9-6-10-17(13-16)23-21(28)24-20(26)15-8-5-11-18(12-15)27-14(2)3/h5-6,8-14H,4,7H2,1-3H3,(H,22,25)(H2,23,24,26,28). The van der Waals surface area contributed by atoms with E-state index in [1.54, 1.807) is 48.5 Å². The van der Waals surface area contributed by atoms with Crippen molar-refractivity contribution in [3.05, 3.63) is 54.1 Å². The van der Waals surface area contributed by atoms with Crippen LogP contribution in [0, 0.1) is 0 Å². The molecule has 7 heteroatoms. The van der Waals surface area contributed by atoms with Gasteiger partial charge in [0.2, 0.25) is 5.91 Å². The number of nitrogens with one attached hydrogen (secondary N) is 3. The van der Waals surface area contributed by atoms with E-state index in [0.717, 1.165) is 6.42 Å². The zero-order valence-electron chi connectivity index (χ0n) is 16.2. The Morgan fingerprint density at radius 2 is 1.71 bits per heavy atom. The molecular weight excluding hydrogens is 374 g/mol. The highest BCUT2D eigenvalue weighted by atomic mass is 32.1. The van der Waals surface area contributed by atoms with Crippen molar-refractivity contribution in [1.29, 1.82) is 0 Å². The number of rotatable bonds is 7. The molecule has 2 aromatic rings. The summed E-state index contributed by atoms with van der Waals surface area (Å²) in [6, 6.07) is 14.0. The maximum atomic E-state index is 12.4. The van der Waals surface area contributed by atoms with Gasteiger partial charge < -0.3 is 15.4 Å². The fourth-order valence-corrected chi connectivity index (χ4v) is 2.66. The summed E-state index contributed by atoms with van der Waals surface area (Å²) in [7, 11) is 0. The number of hydrogen-bond donors (Lipinski definition) is 3. The summed E-state index contributed by atoms with van der Waals surface area (Å²) in [6.07, 6.45) is 1.26. The normalized spacial score (nSPS) is 10.3. The summed E-state index contributed by atoms with van der Waals surface area (Å²) in [6.45, 7) is 5.79. The molecule has 0 fully saturated rings. The molecule has 0 aliphatic heterocycles. The van der Waals surface area contributed by atoms with Gasteiger partial charge in [-0.25, -0.2) is 0 Å². The second-order valence-corrected chi connectivity index (χ2v) is 6.89. The average molecular weight is 400 g/mol. The van der Waals surface area contributed by atoms with E-state index in [2.05, 4.69) is 16.0 Å². The van der Waals surface area contributed by atoms with Crippen LogP contribution in [0.3, 0.4) is 0 Å². The maximum Gasteiger partial charge on any atom is 0.257 e. The molecular formula is C21H25N3O3S. The van der Waals surface area contributed by atoms with E-state index in [0.29, 0.717) is 29.1 Å². The molecule has 28 heavy (non-hydrogen) atoms. The fraction of sp³-hybridized carbons (Fsp3) is 0.286. The van der Waals surface area contributed by atoms with Crippen LogP contribution in [0.4, 0.5) is 11.4 Å². The number of ether oxygens (including phenoxy) is 1.